The van der Waals surface area contributed by atoms with Crippen LogP contribution in [0.15, 0.2) is 62.9 Å². The molecule has 0 saturated carbocycles. The number of benzene rings is 2. The predicted molar refractivity (Wildman–Crippen MR) is 96.5 cm³/mol. The van der Waals surface area contributed by atoms with Gasteiger partial charge in [0, 0.05) is 5.56 Å². The van der Waals surface area contributed by atoms with E-state index in [0.29, 0.717) is 22.3 Å². The molecule has 9 nitrogen and oxygen atoms in total. The van der Waals surface area contributed by atoms with Crippen LogP contribution < -0.4 is 16.8 Å². The number of fused-ring (bicyclic) bond motifs is 1. The van der Waals surface area contributed by atoms with Crippen molar-refractivity contribution in [3.63, 3.8) is 0 Å². The van der Waals surface area contributed by atoms with E-state index in [1.54, 1.807) is 48.5 Å². The number of nitrogens with one attached hydrogen (secondary N) is 2. The van der Waals surface area contributed by atoms with Crippen LogP contribution in [0.2, 0.25) is 0 Å². The molecule has 0 spiro atoms. The summed E-state index contributed by atoms with van der Waals surface area (Å²) in [6, 6.07) is 15.1. The zero-order valence-electron chi connectivity index (χ0n) is 13.6. The lowest BCUT2D eigenvalue weighted by molar-refractivity contribution is 0.740. The smallest absolute Gasteiger partial charge is 0.319 e. The van der Waals surface area contributed by atoms with Crippen LogP contribution in [0.1, 0.15) is 5.69 Å². The molecule has 0 radical (unpaired) electrons. The fourth-order valence-electron chi connectivity index (χ4n) is 2.63. The molecular formula is C18H10N6O3. The van der Waals surface area contributed by atoms with Gasteiger partial charge in [-0.05, 0) is 24.3 Å². The van der Waals surface area contributed by atoms with E-state index >= 15 is 0 Å². The molecule has 0 amide bonds. The van der Waals surface area contributed by atoms with Gasteiger partial charge in [-0.25, -0.2) is 9.78 Å². The summed E-state index contributed by atoms with van der Waals surface area (Å²) in [7, 11) is 0. The molecule has 0 atom stereocenters. The third-order valence-electron chi connectivity index (χ3n) is 3.92. The summed E-state index contributed by atoms with van der Waals surface area (Å²) in [5.74, 6) is 0. The normalized spacial score (nSPS) is 10.6. The molecule has 0 aliphatic rings. The van der Waals surface area contributed by atoms with Crippen LogP contribution in [0.5, 0.6) is 0 Å². The van der Waals surface area contributed by atoms with Crippen molar-refractivity contribution < 1.29 is 0 Å². The summed E-state index contributed by atoms with van der Waals surface area (Å²) in [5.41, 5.74) is 0.0102. The Morgan fingerprint density at radius 1 is 0.926 bits per heavy atom. The van der Waals surface area contributed by atoms with Crippen molar-refractivity contribution in [2.45, 2.75) is 0 Å². The number of nitrogens with zero attached hydrogens (tertiary/aromatic N) is 4. The monoisotopic (exact) mass is 358 g/mol. The van der Waals surface area contributed by atoms with Crippen LogP contribution in [-0.2, 0) is 0 Å². The van der Waals surface area contributed by atoms with Crippen LogP contribution in [0, 0.1) is 11.3 Å². The second-order valence-corrected chi connectivity index (χ2v) is 5.61. The molecular weight excluding hydrogens is 348 g/mol. The predicted octanol–water partition coefficient (Wildman–Crippen LogP) is 0.696. The minimum Gasteiger partial charge on any atom is -0.319 e. The fraction of sp³-hybridized carbons (Fsp3) is 0. The summed E-state index contributed by atoms with van der Waals surface area (Å²) in [5, 5.41) is 12.6. The van der Waals surface area contributed by atoms with E-state index in [2.05, 4.69) is 15.1 Å². The number of para-hydroxylation sites is 2. The Labute approximate surface area is 150 Å². The van der Waals surface area contributed by atoms with Gasteiger partial charge in [-0.15, -0.1) is 5.10 Å². The van der Waals surface area contributed by atoms with Crippen LogP contribution >= 0.6 is 0 Å². The SMILES string of the molecule is N#Cc1nn(-c2ccc(-c3nc4ccccc4[nH]c3=O)cc2)c(=O)[nH]c1=O. The number of hydrogen-bond acceptors (Lipinski definition) is 6. The van der Waals surface area contributed by atoms with Gasteiger partial charge < -0.3 is 4.98 Å². The topological polar surface area (TPSA) is 137 Å². The van der Waals surface area contributed by atoms with Crippen LogP contribution in [0.25, 0.3) is 28.0 Å². The minimum atomic E-state index is -0.845. The number of nitriles is 1. The van der Waals surface area contributed by atoms with E-state index < -0.39 is 16.9 Å². The first-order valence-corrected chi connectivity index (χ1v) is 7.80. The molecule has 2 aromatic heterocycles. The molecule has 2 heterocycles. The molecule has 4 rings (SSSR count). The molecule has 0 bridgehead atoms. The number of hydrogen-bond donors (Lipinski definition) is 2. The maximum Gasteiger partial charge on any atom is 0.349 e. The van der Waals surface area contributed by atoms with Crippen molar-refractivity contribution in [2.24, 2.45) is 0 Å². The Kier molecular flexibility index (Phi) is 3.71. The number of aromatic amines is 2. The van der Waals surface area contributed by atoms with Crippen molar-refractivity contribution >= 4 is 11.0 Å². The van der Waals surface area contributed by atoms with Gasteiger partial charge in [-0.2, -0.15) is 9.94 Å². The Morgan fingerprint density at radius 3 is 2.41 bits per heavy atom. The lowest BCUT2D eigenvalue weighted by atomic mass is 10.1. The first kappa shape index (κ1) is 16.2. The molecule has 2 N–H and O–H groups in total. The average Bonchev–Trinajstić information content (AvgIpc) is 2.68. The molecule has 9 heteroatoms. The average molecular weight is 358 g/mol. The molecule has 0 unspecified atom stereocenters. The van der Waals surface area contributed by atoms with Crippen molar-refractivity contribution in [3.8, 4) is 23.0 Å². The molecule has 27 heavy (non-hydrogen) atoms. The number of H-pyrrole nitrogens is 2. The largest absolute Gasteiger partial charge is 0.349 e. The summed E-state index contributed by atoms with van der Waals surface area (Å²) < 4.78 is 0.905. The molecule has 4 aromatic rings. The van der Waals surface area contributed by atoms with Crippen molar-refractivity contribution in [1.29, 1.82) is 5.26 Å². The van der Waals surface area contributed by atoms with E-state index in [-0.39, 0.29) is 11.3 Å². The summed E-state index contributed by atoms with van der Waals surface area (Å²) in [4.78, 5) is 44.9. The standard InChI is InChI=1S/C18H10N6O3/c19-9-14-16(25)22-18(27)24(23-14)11-7-5-10(6-8-11)15-17(26)21-13-4-2-1-3-12(13)20-15/h1-8H,(H,21,26)(H,22,25,27). The summed E-state index contributed by atoms with van der Waals surface area (Å²) >= 11 is 0. The van der Waals surface area contributed by atoms with Gasteiger partial charge >= 0.3 is 5.69 Å². The highest BCUT2D eigenvalue weighted by Crippen LogP contribution is 2.17. The van der Waals surface area contributed by atoms with E-state index in [1.165, 1.54) is 0 Å². The second kappa shape index (κ2) is 6.20. The zero-order chi connectivity index (χ0) is 19.0. The van der Waals surface area contributed by atoms with Crippen LogP contribution in [-0.4, -0.2) is 24.7 Å². The first-order chi connectivity index (χ1) is 13.1. The van der Waals surface area contributed by atoms with Crippen LogP contribution in [0.4, 0.5) is 0 Å². The molecule has 130 valence electrons. The fourth-order valence-corrected chi connectivity index (χ4v) is 2.63. The highest BCUT2D eigenvalue weighted by molar-refractivity contribution is 5.76. The molecule has 0 aliphatic heterocycles. The van der Waals surface area contributed by atoms with Gasteiger partial charge in [0.2, 0.25) is 5.69 Å². The Morgan fingerprint density at radius 2 is 1.67 bits per heavy atom. The van der Waals surface area contributed by atoms with Gasteiger partial charge in [0.15, 0.2) is 0 Å². The number of aromatic nitrogens is 5. The maximum atomic E-state index is 12.3. The molecule has 2 aromatic carbocycles. The molecule has 0 fully saturated rings. The van der Waals surface area contributed by atoms with Gasteiger partial charge in [0.25, 0.3) is 11.1 Å². The van der Waals surface area contributed by atoms with E-state index in [1.807, 2.05) is 11.1 Å². The Bertz CT molecular complexity index is 1390. The maximum absolute atomic E-state index is 12.3. The van der Waals surface area contributed by atoms with E-state index in [0.717, 1.165) is 4.68 Å². The lowest BCUT2D eigenvalue weighted by Crippen LogP contribution is -2.33. The number of rotatable bonds is 2. The second-order valence-electron chi connectivity index (χ2n) is 5.61. The first-order valence-electron chi connectivity index (χ1n) is 7.80. The van der Waals surface area contributed by atoms with Gasteiger partial charge in [-0.1, -0.05) is 24.3 Å². The zero-order valence-corrected chi connectivity index (χ0v) is 13.6. The van der Waals surface area contributed by atoms with Gasteiger partial charge in [0.1, 0.15) is 11.8 Å². The highest BCUT2D eigenvalue weighted by atomic mass is 16.2. The lowest BCUT2D eigenvalue weighted by Gasteiger charge is -2.06. The molecule has 0 aliphatic carbocycles. The van der Waals surface area contributed by atoms with E-state index in [4.69, 9.17) is 5.26 Å². The van der Waals surface area contributed by atoms with Crippen LogP contribution in [0.3, 0.4) is 0 Å². The van der Waals surface area contributed by atoms with Gasteiger partial charge in [-0.3, -0.25) is 14.6 Å². The van der Waals surface area contributed by atoms with Gasteiger partial charge in [0.05, 0.1) is 16.7 Å². The minimum absolute atomic E-state index is 0.236. The summed E-state index contributed by atoms with van der Waals surface area (Å²) in [6.07, 6.45) is 0. The third kappa shape index (κ3) is 2.81. The Balaban J connectivity index is 1.81. The van der Waals surface area contributed by atoms with Crippen molar-refractivity contribution in [1.82, 2.24) is 24.7 Å². The van der Waals surface area contributed by atoms with E-state index in [9.17, 15) is 14.4 Å². The third-order valence-corrected chi connectivity index (χ3v) is 3.92. The van der Waals surface area contributed by atoms with Crippen molar-refractivity contribution in [3.05, 3.63) is 85.4 Å². The Hall–Kier alpha value is -4.32. The summed E-state index contributed by atoms with van der Waals surface area (Å²) in [6.45, 7) is 0. The van der Waals surface area contributed by atoms with Crippen molar-refractivity contribution in [2.75, 3.05) is 0 Å². The quantitative estimate of drug-likeness (QED) is 0.541. The molecule has 0 saturated heterocycles. The highest BCUT2D eigenvalue weighted by Gasteiger charge is 2.10.